The maximum atomic E-state index is 10.9. The summed E-state index contributed by atoms with van der Waals surface area (Å²) in [6, 6.07) is 3.95. The lowest BCUT2D eigenvalue weighted by Crippen LogP contribution is -2.35. The van der Waals surface area contributed by atoms with Crippen molar-refractivity contribution in [3.8, 4) is 5.88 Å². The number of ether oxygens (including phenoxy) is 2. The van der Waals surface area contributed by atoms with Gasteiger partial charge in [-0.25, -0.2) is 9.78 Å². The van der Waals surface area contributed by atoms with E-state index in [1.165, 1.54) is 7.11 Å². The Kier molecular flexibility index (Phi) is 8.24. The number of carbonyl (C=O) groups excluding carboxylic acids is 1. The standard InChI is InChI=1S/C15H25N3O4/c1-11(2)17-9-13(19)10-22-14-5-4-12(8-18-14)6-7-16-15(20)21-3/h4-5,8,11,13,17,19H,6-7,9-10H2,1-3H3,(H,16,20). The minimum Gasteiger partial charge on any atom is -0.475 e. The van der Waals surface area contributed by atoms with E-state index < -0.39 is 12.2 Å². The predicted molar refractivity (Wildman–Crippen MR) is 83.0 cm³/mol. The van der Waals surface area contributed by atoms with Gasteiger partial charge in [0.05, 0.1) is 7.11 Å². The van der Waals surface area contributed by atoms with E-state index in [1.807, 2.05) is 19.9 Å². The van der Waals surface area contributed by atoms with Gasteiger partial charge in [-0.05, 0) is 12.0 Å². The van der Waals surface area contributed by atoms with E-state index >= 15 is 0 Å². The van der Waals surface area contributed by atoms with Gasteiger partial charge < -0.3 is 25.2 Å². The maximum Gasteiger partial charge on any atom is 0.406 e. The molecule has 0 fully saturated rings. The molecule has 3 N–H and O–H groups in total. The number of nitrogens with one attached hydrogen (secondary N) is 2. The third-order valence-electron chi connectivity index (χ3n) is 2.85. The van der Waals surface area contributed by atoms with Gasteiger partial charge >= 0.3 is 6.09 Å². The second-order valence-electron chi connectivity index (χ2n) is 5.20. The number of hydrogen-bond acceptors (Lipinski definition) is 6. The predicted octanol–water partition coefficient (Wildman–Crippen LogP) is 0.718. The Morgan fingerprint density at radius 1 is 1.41 bits per heavy atom. The fourth-order valence-corrected chi connectivity index (χ4v) is 1.64. The average molecular weight is 311 g/mol. The smallest absolute Gasteiger partial charge is 0.406 e. The topological polar surface area (TPSA) is 92.7 Å². The molecule has 7 nitrogen and oxygen atoms in total. The zero-order valence-corrected chi connectivity index (χ0v) is 13.3. The number of hydrogen-bond donors (Lipinski definition) is 3. The normalized spacial score (nSPS) is 12.0. The number of aromatic nitrogens is 1. The van der Waals surface area contributed by atoms with Crippen molar-refractivity contribution in [1.82, 2.24) is 15.6 Å². The highest BCUT2D eigenvalue weighted by Crippen LogP contribution is 2.08. The first-order chi connectivity index (χ1) is 10.5. The van der Waals surface area contributed by atoms with Crippen LogP contribution in [0.5, 0.6) is 5.88 Å². The summed E-state index contributed by atoms with van der Waals surface area (Å²) in [6.45, 7) is 5.19. The fraction of sp³-hybridized carbons (Fsp3) is 0.600. The van der Waals surface area contributed by atoms with E-state index in [4.69, 9.17) is 4.74 Å². The van der Waals surface area contributed by atoms with Crippen molar-refractivity contribution in [1.29, 1.82) is 0 Å². The summed E-state index contributed by atoms with van der Waals surface area (Å²) in [6.07, 6.45) is 1.32. The third kappa shape index (κ3) is 7.80. The number of pyridine rings is 1. The molecule has 1 heterocycles. The lowest BCUT2D eigenvalue weighted by molar-refractivity contribution is 0.102. The van der Waals surface area contributed by atoms with Crippen LogP contribution in [0, 0.1) is 0 Å². The SMILES string of the molecule is COC(=O)NCCc1ccc(OCC(O)CNC(C)C)nc1. The zero-order valence-electron chi connectivity index (χ0n) is 13.3. The largest absolute Gasteiger partial charge is 0.475 e. The van der Waals surface area contributed by atoms with E-state index in [2.05, 4.69) is 20.4 Å². The third-order valence-corrected chi connectivity index (χ3v) is 2.85. The van der Waals surface area contributed by atoms with E-state index in [0.717, 1.165) is 5.56 Å². The Balaban J connectivity index is 2.28. The Bertz CT molecular complexity index is 437. The van der Waals surface area contributed by atoms with Gasteiger partial charge in [-0.2, -0.15) is 0 Å². The number of carbonyl (C=O) groups is 1. The second-order valence-corrected chi connectivity index (χ2v) is 5.20. The molecule has 0 aliphatic carbocycles. The summed E-state index contributed by atoms with van der Waals surface area (Å²) in [5, 5.41) is 15.5. The number of rotatable bonds is 9. The summed E-state index contributed by atoms with van der Waals surface area (Å²) >= 11 is 0. The Hall–Kier alpha value is -1.86. The van der Waals surface area contributed by atoms with Gasteiger partial charge in [0, 0.05) is 31.4 Å². The molecule has 0 saturated heterocycles. The number of alkyl carbamates (subject to hydrolysis) is 1. The van der Waals surface area contributed by atoms with Crippen LogP contribution in [-0.4, -0.2) is 55.1 Å². The van der Waals surface area contributed by atoms with E-state index in [-0.39, 0.29) is 6.61 Å². The van der Waals surface area contributed by atoms with E-state index in [9.17, 15) is 9.90 Å². The van der Waals surface area contributed by atoms with E-state index in [0.29, 0.717) is 31.4 Å². The van der Waals surface area contributed by atoms with Crippen molar-refractivity contribution in [2.75, 3.05) is 26.8 Å². The first-order valence-electron chi connectivity index (χ1n) is 7.32. The van der Waals surface area contributed by atoms with Crippen LogP contribution in [0.15, 0.2) is 18.3 Å². The van der Waals surface area contributed by atoms with E-state index in [1.54, 1.807) is 12.3 Å². The molecule has 7 heteroatoms. The van der Waals surface area contributed by atoms with Crippen LogP contribution in [0.3, 0.4) is 0 Å². The quantitative estimate of drug-likeness (QED) is 0.622. The van der Waals surface area contributed by atoms with Gasteiger partial charge in [0.1, 0.15) is 12.7 Å². The van der Waals surface area contributed by atoms with Gasteiger partial charge in [0.2, 0.25) is 5.88 Å². The van der Waals surface area contributed by atoms with Crippen LogP contribution in [0.1, 0.15) is 19.4 Å². The molecule has 0 spiro atoms. The highest BCUT2D eigenvalue weighted by atomic mass is 16.5. The van der Waals surface area contributed by atoms with Crippen LogP contribution >= 0.6 is 0 Å². The van der Waals surface area contributed by atoms with Gasteiger partial charge in [0.15, 0.2) is 0 Å². The van der Waals surface area contributed by atoms with Crippen LogP contribution in [-0.2, 0) is 11.2 Å². The molecule has 1 amide bonds. The number of aliphatic hydroxyl groups is 1. The molecule has 0 bridgehead atoms. The molecule has 1 rings (SSSR count). The molecule has 124 valence electrons. The zero-order chi connectivity index (χ0) is 16.4. The maximum absolute atomic E-state index is 10.9. The first kappa shape index (κ1) is 18.2. The summed E-state index contributed by atoms with van der Waals surface area (Å²) < 4.78 is 9.91. The first-order valence-corrected chi connectivity index (χ1v) is 7.32. The molecule has 22 heavy (non-hydrogen) atoms. The lowest BCUT2D eigenvalue weighted by atomic mass is 10.2. The molecule has 1 unspecified atom stereocenters. The van der Waals surface area contributed by atoms with Crippen LogP contribution in [0.4, 0.5) is 4.79 Å². The molecule has 1 atom stereocenters. The minimum atomic E-state index is -0.576. The number of amides is 1. The summed E-state index contributed by atoms with van der Waals surface area (Å²) in [7, 11) is 1.33. The number of nitrogens with zero attached hydrogens (tertiary/aromatic N) is 1. The average Bonchev–Trinajstić information content (AvgIpc) is 2.51. The summed E-state index contributed by atoms with van der Waals surface area (Å²) in [5.74, 6) is 0.466. The van der Waals surface area contributed by atoms with Crippen molar-refractivity contribution in [3.05, 3.63) is 23.9 Å². The molecular weight excluding hydrogens is 286 g/mol. The number of aliphatic hydroxyl groups excluding tert-OH is 1. The van der Waals surface area contributed by atoms with Gasteiger partial charge in [-0.15, -0.1) is 0 Å². The molecule has 0 aliphatic heterocycles. The van der Waals surface area contributed by atoms with Crippen molar-refractivity contribution < 1.29 is 19.4 Å². The molecule has 0 radical (unpaired) electrons. The molecule has 0 aliphatic rings. The molecule has 1 aromatic rings. The van der Waals surface area contributed by atoms with Crippen LogP contribution in [0.25, 0.3) is 0 Å². The highest BCUT2D eigenvalue weighted by Gasteiger charge is 2.06. The monoisotopic (exact) mass is 311 g/mol. The highest BCUT2D eigenvalue weighted by molar-refractivity contribution is 5.66. The fourth-order valence-electron chi connectivity index (χ4n) is 1.64. The molecule has 0 aromatic carbocycles. The van der Waals surface area contributed by atoms with Gasteiger partial charge in [-0.1, -0.05) is 19.9 Å². The molecular formula is C15H25N3O4. The lowest BCUT2D eigenvalue weighted by Gasteiger charge is -2.14. The van der Waals surface area contributed by atoms with Gasteiger partial charge in [0.25, 0.3) is 0 Å². The van der Waals surface area contributed by atoms with Crippen LogP contribution < -0.4 is 15.4 Å². The summed E-state index contributed by atoms with van der Waals surface area (Å²) in [5.41, 5.74) is 0.978. The second kappa shape index (κ2) is 9.97. The van der Waals surface area contributed by atoms with Crippen molar-refractivity contribution >= 4 is 6.09 Å². The van der Waals surface area contributed by atoms with Crippen LogP contribution in [0.2, 0.25) is 0 Å². The molecule has 1 aromatic heterocycles. The van der Waals surface area contributed by atoms with Crippen molar-refractivity contribution in [3.63, 3.8) is 0 Å². The van der Waals surface area contributed by atoms with Gasteiger partial charge in [-0.3, -0.25) is 0 Å². The summed E-state index contributed by atoms with van der Waals surface area (Å²) in [4.78, 5) is 15.1. The Morgan fingerprint density at radius 2 is 2.18 bits per heavy atom. The Labute approximate surface area is 131 Å². The Morgan fingerprint density at radius 3 is 2.77 bits per heavy atom. The number of methoxy groups -OCH3 is 1. The van der Waals surface area contributed by atoms with Crippen molar-refractivity contribution in [2.45, 2.75) is 32.4 Å². The van der Waals surface area contributed by atoms with Crippen molar-refractivity contribution in [2.24, 2.45) is 0 Å². The minimum absolute atomic E-state index is 0.190. The molecule has 0 saturated carbocycles.